The van der Waals surface area contributed by atoms with Gasteiger partial charge in [0.15, 0.2) is 0 Å². The lowest BCUT2D eigenvalue weighted by atomic mass is 10.2. The first-order valence-electron chi connectivity index (χ1n) is 7.56. The van der Waals surface area contributed by atoms with Crippen LogP contribution in [0.25, 0.3) is 0 Å². The van der Waals surface area contributed by atoms with Crippen molar-refractivity contribution < 1.29 is 4.92 Å². The van der Waals surface area contributed by atoms with Crippen LogP contribution in [-0.4, -0.2) is 26.9 Å². The summed E-state index contributed by atoms with van der Waals surface area (Å²) in [6.07, 6.45) is 4.50. The Balaban J connectivity index is 1.93. The SMILES string of the molecule is CN(Cc1ccccc1)c1ncnc(Nc2cccnc2)c1[N+](=O)[O-]. The maximum Gasteiger partial charge on any atom is 0.353 e. The van der Waals surface area contributed by atoms with Crippen molar-refractivity contribution in [3.63, 3.8) is 0 Å². The number of anilines is 3. The third kappa shape index (κ3) is 3.86. The van der Waals surface area contributed by atoms with Crippen molar-refractivity contribution >= 4 is 23.0 Å². The summed E-state index contributed by atoms with van der Waals surface area (Å²) in [5.74, 6) is 0.373. The van der Waals surface area contributed by atoms with E-state index in [1.54, 1.807) is 36.5 Å². The Morgan fingerprint density at radius 1 is 1.16 bits per heavy atom. The highest BCUT2D eigenvalue weighted by molar-refractivity contribution is 5.74. The van der Waals surface area contributed by atoms with E-state index in [0.29, 0.717) is 12.2 Å². The predicted molar refractivity (Wildman–Crippen MR) is 94.8 cm³/mol. The molecule has 0 radical (unpaired) electrons. The normalized spacial score (nSPS) is 10.3. The molecule has 3 aromatic rings. The summed E-state index contributed by atoms with van der Waals surface area (Å²) in [5, 5.41) is 14.6. The second kappa shape index (κ2) is 7.35. The molecule has 0 bridgehead atoms. The van der Waals surface area contributed by atoms with Crippen molar-refractivity contribution in [1.29, 1.82) is 0 Å². The maximum atomic E-state index is 11.6. The fraction of sp³-hybridized carbons (Fsp3) is 0.118. The van der Waals surface area contributed by atoms with E-state index >= 15 is 0 Å². The second-order valence-electron chi connectivity index (χ2n) is 5.36. The molecule has 0 spiro atoms. The van der Waals surface area contributed by atoms with Crippen LogP contribution in [0.5, 0.6) is 0 Å². The highest BCUT2D eigenvalue weighted by atomic mass is 16.6. The van der Waals surface area contributed by atoms with Crippen LogP contribution < -0.4 is 10.2 Å². The molecule has 0 aliphatic carbocycles. The summed E-state index contributed by atoms with van der Waals surface area (Å²) in [4.78, 5) is 25.0. The number of nitrogens with zero attached hydrogens (tertiary/aromatic N) is 5. The molecule has 0 unspecified atom stereocenters. The summed E-state index contributed by atoms with van der Waals surface area (Å²) in [5.41, 5.74) is 1.46. The second-order valence-corrected chi connectivity index (χ2v) is 5.36. The number of hydrogen-bond donors (Lipinski definition) is 1. The number of pyridine rings is 1. The zero-order chi connectivity index (χ0) is 17.6. The van der Waals surface area contributed by atoms with Crippen LogP contribution in [0.1, 0.15) is 5.56 Å². The van der Waals surface area contributed by atoms with E-state index in [0.717, 1.165) is 5.56 Å². The molecule has 1 N–H and O–H groups in total. The molecule has 8 heteroatoms. The van der Waals surface area contributed by atoms with Crippen molar-refractivity contribution in [3.8, 4) is 0 Å². The molecule has 0 fully saturated rings. The zero-order valence-electron chi connectivity index (χ0n) is 13.5. The van der Waals surface area contributed by atoms with Crippen LogP contribution in [0.15, 0.2) is 61.2 Å². The van der Waals surface area contributed by atoms with Crippen LogP contribution in [0.4, 0.5) is 23.0 Å². The first-order valence-corrected chi connectivity index (χ1v) is 7.56. The van der Waals surface area contributed by atoms with E-state index in [1.807, 2.05) is 30.3 Å². The molecule has 8 nitrogen and oxygen atoms in total. The van der Waals surface area contributed by atoms with Gasteiger partial charge in [-0.05, 0) is 17.7 Å². The van der Waals surface area contributed by atoms with Crippen LogP contribution in [0, 0.1) is 10.1 Å². The van der Waals surface area contributed by atoms with Gasteiger partial charge in [-0.3, -0.25) is 15.1 Å². The lowest BCUT2D eigenvalue weighted by Gasteiger charge is -2.19. The molecule has 0 aliphatic rings. The Kier molecular flexibility index (Phi) is 4.79. The van der Waals surface area contributed by atoms with Crippen LogP contribution in [0.2, 0.25) is 0 Å². The van der Waals surface area contributed by atoms with Gasteiger partial charge >= 0.3 is 5.69 Å². The van der Waals surface area contributed by atoms with Crippen molar-refractivity contribution in [2.45, 2.75) is 6.54 Å². The summed E-state index contributed by atoms with van der Waals surface area (Å²) in [6.45, 7) is 0.491. The molecular formula is C17H16N6O2. The summed E-state index contributed by atoms with van der Waals surface area (Å²) >= 11 is 0. The summed E-state index contributed by atoms with van der Waals surface area (Å²) in [6, 6.07) is 13.2. The van der Waals surface area contributed by atoms with E-state index in [9.17, 15) is 10.1 Å². The van der Waals surface area contributed by atoms with E-state index in [2.05, 4.69) is 20.3 Å². The third-order valence-electron chi connectivity index (χ3n) is 3.53. The molecule has 0 saturated carbocycles. The molecule has 0 atom stereocenters. The van der Waals surface area contributed by atoms with E-state index in [1.165, 1.54) is 6.33 Å². The molecule has 25 heavy (non-hydrogen) atoms. The van der Waals surface area contributed by atoms with E-state index in [4.69, 9.17) is 0 Å². The molecular weight excluding hydrogens is 320 g/mol. The van der Waals surface area contributed by atoms with Gasteiger partial charge in [0.2, 0.25) is 11.6 Å². The van der Waals surface area contributed by atoms with Gasteiger partial charge in [0.05, 0.1) is 16.8 Å². The topological polar surface area (TPSA) is 97.1 Å². The highest BCUT2D eigenvalue weighted by Gasteiger charge is 2.25. The number of benzene rings is 1. The molecule has 2 aromatic heterocycles. The molecule has 3 rings (SSSR count). The van der Waals surface area contributed by atoms with Crippen LogP contribution in [-0.2, 0) is 6.54 Å². The zero-order valence-corrected chi connectivity index (χ0v) is 13.5. The average molecular weight is 336 g/mol. The van der Waals surface area contributed by atoms with E-state index in [-0.39, 0.29) is 17.3 Å². The minimum atomic E-state index is -0.477. The first-order chi connectivity index (χ1) is 12.1. The Morgan fingerprint density at radius 3 is 2.64 bits per heavy atom. The maximum absolute atomic E-state index is 11.6. The van der Waals surface area contributed by atoms with Crippen LogP contribution >= 0.6 is 0 Å². The van der Waals surface area contributed by atoms with Gasteiger partial charge in [-0.15, -0.1) is 0 Å². The van der Waals surface area contributed by atoms with Gasteiger partial charge in [-0.25, -0.2) is 9.97 Å². The number of aromatic nitrogens is 3. The lowest BCUT2D eigenvalue weighted by molar-refractivity contribution is -0.383. The number of rotatable bonds is 6. The van der Waals surface area contributed by atoms with Gasteiger partial charge < -0.3 is 10.2 Å². The van der Waals surface area contributed by atoms with Crippen LogP contribution in [0.3, 0.4) is 0 Å². The quantitative estimate of drug-likeness (QED) is 0.545. The predicted octanol–water partition coefficient (Wildman–Crippen LogP) is 3.16. The molecule has 0 amide bonds. The monoisotopic (exact) mass is 336 g/mol. The van der Waals surface area contributed by atoms with Crippen molar-refractivity contribution in [2.24, 2.45) is 0 Å². The first kappa shape index (κ1) is 16.3. The number of nitro groups is 1. The third-order valence-corrected chi connectivity index (χ3v) is 3.53. The fourth-order valence-electron chi connectivity index (χ4n) is 2.41. The minimum Gasteiger partial charge on any atom is -0.349 e. The lowest BCUT2D eigenvalue weighted by Crippen LogP contribution is -2.20. The Labute approximate surface area is 144 Å². The molecule has 0 saturated heterocycles. The van der Waals surface area contributed by atoms with Gasteiger partial charge in [0.1, 0.15) is 6.33 Å². The smallest absolute Gasteiger partial charge is 0.349 e. The van der Waals surface area contributed by atoms with Crippen molar-refractivity contribution in [2.75, 3.05) is 17.3 Å². The van der Waals surface area contributed by atoms with Gasteiger partial charge in [-0.2, -0.15) is 0 Å². The van der Waals surface area contributed by atoms with E-state index < -0.39 is 4.92 Å². The Bertz CT molecular complexity index is 858. The van der Waals surface area contributed by atoms with Crippen molar-refractivity contribution in [1.82, 2.24) is 15.0 Å². The van der Waals surface area contributed by atoms with Crippen molar-refractivity contribution in [3.05, 3.63) is 76.9 Å². The molecule has 0 aliphatic heterocycles. The largest absolute Gasteiger partial charge is 0.353 e. The number of hydrogen-bond acceptors (Lipinski definition) is 7. The summed E-state index contributed by atoms with van der Waals surface area (Å²) < 4.78 is 0. The molecule has 1 aromatic carbocycles. The summed E-state index contributed by atoms with van der Waals surface area (Å²) in [7, 11) is 1.76. The molecule has 126 valence electrons. The number of nitrogens with one attached hydrogen (secondary N) is 1. The standard InChI is InChI=1S/C17H16N6O2/c1-22(11-13-6-3-2-4-7-13)17-15(23(24)25)16(19-12-20-17)21-14-8-5-9-18-10-14/h2-10,12H,11H2,1H3,(H,19,20,21). The Morgan fingerprint density at radius 2 is 1.96 bits per heavy atom. The van der Waals surface area contributed by atoms with Gasteiger partial charge in [0, 0.05) is 19.8 Å². The fourth-order valence-corrected chi connectivity index (χ4v) is 2.41. The molecule has 2 heterocycles. The average Bonchev–Trinajstić information content (AvgIpc) is 2.63. The minimum absolute atomic E-state index is 0.128. The Hall–Kier alpha value is -3.55. The van der Waals surface area contributed by atoms with Gasteiger partial charge in [0.25, 0.3) is 0 Å². The van der Waals surface area contributed by atoms with Gasteiger partial charge in [-0.1, -0.05) is 30.3 Å². The highest BCUT2D eigenvalue weighted by Crippen LogP contribution is 2.33.